The smallest absolute Gasteiger partial charge is 0.347 e. The maximum atomic E-state index is 12.4. The summed E-state index contributed by atoms with van der Waals surface area (Å²) in [4.78, 5) is 34.5. The molecule has 28 heavy (non-hydrogen) atoms. The van der Waals surface area contributed by atoms with Gasteiger partial charge >= 0.3 is 11.9 Å². The molecule has 0 fully saturated rings. The van der Waals surface area contributed by atoms with Gasteiger partial charge in [-0.1, -0.05) is 17.7 Å². The minimum absolute atomic E-state index is 0.113. The van der Waals surface area contributed by atoms with E-state index in [0.717, 1.165) is 17.7 Å². The average molecular weight is 408 g/mol. The van der Waals surface area contributed by atoms with Crippen LogP contribution in [0.1, 0.15) is 29.8 Å². The highest BCUT2D eigenvalue weighted by Crippen LogP contribution is 2.32. The van der Waals surface area contributed by atoms with Gasteiger partial charge in [-0.2, -0.15) is 0 Å². The van der Waals surface area contributed by atoms with Crippen molar-refractivity contribution in [3.63, 3.8) is 0 Å². The van der Waals surface area contributed by atoms with Crippen molar-refractivity contribution >= 4 is 29.2 Å². The van der Waals surface area contributed by atoms with Crippen LogP contribution in [0.25, 0.3) is 0 Å². The van der Waals surface area contributed by atoms with Gasteiger partial charge < -0.3 is 14.2 Å². The fourth-order valence-electron chi connectivity index (χ4n) is 2.25. The van der Waals surface area contributed by atoms with Gasteiger partial charge in [-0.05, 0) is 44.5 Å². The molecule has 1 atom stereocenters. The van der Waals surface area contributed by atoms with E-state index in [4.69, 9.17) is 25.8 Å². The molecule has 0 bridgehead atoms. The largest absolute Gasteiger partial charge is 0.463 e. The molecule has 2 aromatic rings. The van der Waals surface area contributed by atoms with Crippen molar-refractivity contribution < 1.29 is 28.7 Å². The molecular formula is C19H18ClNO7. The Morgan fingerprint density at radius 1 is 1.21 bits per heavy atom. The van der Waals surface area contributed by atoms with Crippen LogP contribution in [0.3, 0.4) is 0 Å². The first-order chi connectivity index (χ1) is 13.2. The number of aryl methyl sites for hydroxylation is 1. The summed E-state index contributed by atoms with van der Waals surface area (Å²) < 4.78 is 15.4. The summed E-state index contributed by atoms with van der Waals surface area (Å²) in [5.74, 6) is -1.34. The van der Waals surface area contributed by atoms with Gasteiger partial charge in [0.05, 0.1) is 16.6 Å². The van der Waals surface area contributed by atoms with E-state index in [1.54, 1.807) is 25.1 Å². The number of esters is 2. The first kappa shape index (κ1) is 21.2. The topological polar surface area (TPSA) is 105 Å². The second-order valence-corrected chi connectivity index (χ2v) is 6.18. The van der Waals surface area contributed by atoms with Crippen molar-refractivity contribution in [1.82, 2.24) is 0 Å². The summed E-state index contributed by atoms with van der Waals surface area (Å²) in [6, 6.07) is 8.72. The van der Waals surface area contributed by atoms with Gasteiger partial charge in [-0.15, -0.1) is 0 Å². The van der Waals surface area contributed by atoms with E-state index in [-0.39, 0.29) is 17.9 Å². The van der Waals surface area contributed by atoms with Crippen molar-refractivity contribution in [3.05, 3.63) is 62.7 Å². The number of nitro benzene ring substituents is 1. The van der Waals surface area contributed by atoms with E-state index in [0.29, 0.717) is 10.8 Å². The van der Waals surface area contributed by atoms with Gasteiger partial charge in [0.1, 0.15) is 17.1 Å². The van der Waals surface area contributed by atoms with E-state index in [9.17, 15) is 19.7 Å². The van der Waals surface area contributed by atoms with E-state index >= 15 is 0 Å². The van der Waals surface area contributed by atoms with Crippen molar-refractivity contribution in [2.75, 3.05) is 6.61 Å². The van der Waals surface area contributed by atoms with Crippen LogP contribution in [-0.2, 0) is 14.3 Å². The quantitative estimate of drug-likeness (QED) is 0.379. The van der Waals surface area contributed by atoms with Gasteiger partial charge in [-0.3, -0.25) is 10.1 Å². The Balaban J connectivity index is 2.31. The molecule has 0 aliphatic heterocycles. The summed E-state index contributed by atoms with van der Waals surface area (Å²) in [6.45, 7) is 4.89. The lowest BCUT2D eigenvalue weighted by atomic mass is 10.1. The molecule has 1 unspecified atom stereocenters. The summed E-state index contributed by atoms with van der Waals surface area (Å²) in [7, 11) is 0. The Labute approximate surface area is 166 Å². The number of carbonyl (C=O) groups is 2. The summed E-state index contributed by atoms with van der Waals surface area (Å²) in [6.07, 6.45) is -1.22. The van der Waals surface area contributed by atoms with Crippen molar-refractivity contribution in [2.24, 2.45) is 0 Å². The third-order valence-electron chi connectivity index (χ3n) is 3.60. The zero-order valence-corrected chi connectivity index (χ0v) is 16.2. The van der Waals surface area contributed by atoms with E-state index in [2.05, 4.69) is 0 Å². The molecule has 2 aromatic carbocycles. The molecule has 0 heterocycles. The van der Waals surface area contributed by atoms with Gasteiger partial charge in [0.2, 0.25) is 0 Å². The monoisotopic (exact) mass is 407 g/mol. The molecule has 0 saturated carbocycles. The Bertz CT molecular complexity index is 913. The van der Waals surface area contributed by atoms with E-state index in [1.165, 1.54) is 13.0 Å². The minimum Gasteiger partial charge on any atom is -0.463 e. The van der Waals surface area contributed by atoms with Crippen LogP contribution in [0.5, 0.6) is 11.5 Å². The van der Waals surface area contributed by atoms with Crippen LogP contribution >= 0.6 is 11.6 Å². The maximum Gasteiger partial charge on any atom is 0.347 e. The molecule has 148 valence electrons. The summed E-state index contributed by atoms with van der Waals surface area (Å²) in [5.41, 5.74) is 0.0866. The number of benzene rings is 2. The van der Waals surface area contributed by atoms with E-state index in [1.807, 2.05) is 6.92 Å². The molecule has 0 saturated heterocycles. The average Bonchev–Trinajstić information content (AvgIpc) is 2.63. The zero-order valence-electron chi connectivity index (χ0n) is 15.4. The lowest BCUT2D eigenvalue weighted by Crippen LogP contribution is -2.26. The van der Waals surface area contributed by atoms with Crippen molar-refractivity contribution in [3.8, 4) is 11.5 Å². The van der Waals surface area contributed by atoms with Gasteiger partial charge in [0, 0.05) is 12.1 Å². The fraction of sp³-hybridized carbons (Fsp3) is 0.263. The number of hydrogen-bond donors (Lipinski definition) is 0. The normalized spacial score (nSPS) is 11.4. The summed E-state index contributed by atoms with van der Waals surface area (Å²) >= 11 is 6.12. The van der Waals surface area contributed by atoms with Crippen LogP contribution in [0.2, 0.25) is 5.02 Å². The molecule has 9 heteroatoms. The molecule has 0 aliphatic carbocycles. The van der Waals surface area contributed by atoms with Gasteiger partial charge in [-0.25, -0.2) is 9.59 Å². The number of hydrogen-bond acceptors (Lipinski definition) is 7. The predicted octanol–water partition coefficient (Wildman–Crippen LogP) is 4.46. The minimum atomic E-state index is -1.22. The SMILES string of the molecule is CCOC(=O)C(C)OC(=O)c1cc(Oc2ccc(C)cc2Cl)ccc1[N+](=O)[O-]. The first-order valence-corrected chi connectivity index (χ1v) is 8.70. The Morgan fingerprint density at radius 2 is 1.93 bits per heavy atom. The number of rotatable bonds is 7. The first-order valence-electron chi connectivity index (χ1n) is 8.33. The van der Waals surface area contributed by atoms with Crippen LogP contribution < -0.4 is 4.74 Å². The lowest BCUT2D eigenvalue weighted by molar-refractivity contribution is -0.385. The highest BCUT2D eigenvalue weighted by Gasteiger charge is 2.27. The third kappa shape index (κ3) is 5.20. The van der Waals surface area contributed by atoms with E-state index < -0.39 is 28.7 Å². The molecule has 0 spiro atoms. The molecule has 0 N–H and O–H groups in total. The highest BCUT2D eigenvalue weighted by atomic mass is 35.5. The fourth-order valence-corrected chi connectivity index (χ4v) is 2.52. The number of halogens is 1. The Hall–Kier alpha value is -3.13. The Morgan fingerprint density at radius 3 is 2.54 bits per heavy atom. The van der Waals surface area contributed by atoms with Crippen LogP contribution in [0, 0.1) is 17.0 Å². The van der Waals surface area contributed by atoms with Gasteiger partial charge in [0.25, 0.3) is 5.69 Å². The molecular weight excluding hydrogens is 390 g/mol. The third-order valence-corrected chi connectivity index (χ3v) is 3.90. The maximum absolute atomic E-state index is 12.4. The van der Waals surface area contributed by atoms with Crippen LogP contribution in [0.15, 0.2) is 36.4 Å². The second-order valence-electron chi connectivity index (χ2n) is 5.77. The van der Waals surface area contributed by atoms with Crippen molar-refractivity contribution in [1.29, 1.82) is 0 Å². The highest BCUT2D eigenvalue weighted by molar-refractivity contribution is 6.32. The molecule has 2 rings (SSSR count). The Kier molecular flexibility index (Phi) is 6.94. The zero-order chi connectivity index (χ0) is 20.8. The lowest BCUT2D eigenvalue weighted by Gasteiger charge is -2.13. The predicted molar refractivity (Wildman–Crippen MR) is 101 cm³/mol. The molecule has 0 aromatic heterocycles. The molecule has 0 aliphatic rings. The summed E-state index contributed by atoms with van der Waals surface area (Å²) in [5, 5.41) is 11.6. The number of nitrogens with zero attached hydrogens (tertiary/aromatic N) is 1. The molecule has 0 amide bonds. The molecule has 8 nitrogen and oxygen atoms in total. The standard InChI is InChI=1S/C19H18ClNO7/c1-4-26-18(22)12(3)27-19(23)14-10-13(6-7-16(14)21(24)25)28-17-8-5-11(2)9-15(17)20/h5-10,12H,4H2,1-3H3. The van der Waals surface area contributed by atoms with Crippen LogP contribution in [-0.4, -0.2) is 29.6 Å². The number of nitro groups is 1. The van der Waals surface area contributed by atoms with Crippen molar-refractivity contribution in [2.45, 2.75) is 26.9 Å². The second kappa shape index (κ2) is 9.18. The van der Waals surface area contributed by atoms with Gasteiger partial charge in [0.15, 0.2) is 6.10 Å². The number of carbonyl (C=O) groups excluding carboxylic acids is 2. The van der Waals surface area contributed by atoms with Crippen LogP contribution in [0.4, 0.5) is 5.69 Å². The molecule has 0 radical (unpaired) electrons. The number of ether oxygens (including phenoxy) is 3.